The Kier molecular flexibility index (Phi) is 3.45. The molecule has 0 aromatic carbocycles. The van der Waals surface area contributed by atoms with E-state index < -0.39 is 0 Å². The van der Waals surface area contributed by atoms with Crippen molar-refractivity contribution in [2.75, 3.05) is 0 Å². The highest BCUT2D eigenvalue weighted by Crippen LogP contribution is 2.41. The molecular weight excluding hydrogens is 272 g/mol. The molecule has 0 saturated heterocycles. The molecule has 15 heavy (non-hydrogen) atoms. The van der Waals surface area contributed by atoms with Crippen molar-refractivity contribution in [1.82, 2.24) is 9.36 Å². The van der Waals surface area contributed by atoms with Gasteiger partial charge in [0, 0.05) is 16.7 Å². The molecule has 0 aliphatic heterocycles. The fourth-order valence-electron chi connectivity index (χ4n) is 1.90. The Balaban J connectivity index is 2.17. The van der Waals surface area contributed by atoms with Gasteiger partial charge in [-0.3, -0.25) is 0 Å². The molecule has 0 amide bonds. The Bertz CT molecular complexity index is 323. The molecule has 1 aromatic heterocycles. The van der Waals surface area contributed by atoms with Gasteiger partial charge in [-0.1, -0.05) is 36.7 Å². The third-order valence-corrected chi connectivity index (χ3v) is 4.30. The molecule has 1 aliphatic rings. The molecule has 1 aromatic rings. The number of alkyl halides is 1. The zero-order valence-electron chi connectivity index (χ0n) is 9.40. The maximum absolute atomic E-state index is 4.69. The molecule has 0 N–H and O–H groups in total. The fraction of sp³-hybridized carbons (Fsp3) is 0.818. The fourth-order valence-corrected chi connectivity index (χ4v) is 4.05. The van der Waals surface area contributed by atoms with Crippen molar-refractivity contribution in [3.05, 3.63) is 10.8 Å². The SMILES string of the molecule is CC(C)C(c1nc(C2CC2)ns1)C(C)Br. The van der Waals surface area contributed by atoms with Gasteiger partial charge in [0.1, 0.15) is 10.8 Å². The summed E-state index contributed by atoms with van der Waals surface area (Å²) in [5.41, 5.74) is 0. The zero-order chi connectivity index (χ0) is 11.0. The largest absolute Gasteiger partial charge is 0.224 e. The lowest BCUT2D eigenvalue weighted by Crippen LogP contribution is -2.15. The van der Waals surface area contributed by atoms with Crippen molar-refractivity contribution < 1.29 is 0 Å². The van der Waals surface area contributed by atoms with E-state index in [2.05, 4.69) is 41.1 Å². The number of aromatic nitrogens is 2. The quantitative estimate of drug-likeness (QED) is 0.785. The van der Waals surface area contributed by atoms with E-state index in [1.54, 1.807) is 11.5 Å². The Hall–Kier alpha value is 0.0400. The molecule has 2 rings (SSSR count). The van der Waals surface area contributed by atoms with Gasteiger partial charge >= 0.3 is 0 Å². The van der Waals surface area contributed by atoms with Gasteiger partial charge in [0.15, 0.2) is 0 Å². The first kappa shape index (κ1) is 11.5. The summed E-state index contributed by atoms with van der Waals surface area (Å²) in [7, 11) is 0. The van der Waals surface area contributed by atoms with Crippen LogP contribution in [0.2, 0.25) is 0 Å². The van der Waals surface area contributed by atoms with E-state index in [1.807, 2.05) is 0 Å². The molecule has 0 radical (unpaired) electrons. The van der Waals surface area contributed by atoms with Gasteiger partial charge in [0.25, 0.3) is 0 Å². The number of hydrogen-bond donors (Lipinski definition) is 0. The Morgan fingerprint density at radius 2 is 2.00 bits per heavy atom. The minimum atomic E-state index is 0.470. The van der Waals surface area contributed by atoms with Crippen molar-refractivity contribution in [2.45, 2.75) is 50.3 Å². The predicted octanol–water partition coefficient (Wildman–Crippen LogP) is 3.94. The third kappa shape index (κ3) is 2.59. The number of nitrogens with zero attached hydrogens (tertiary/aromatic N) is 2. The van der Waals surface area contributed by atoms with Crippen molar-refractivity contribution in [2.24, 2.45) is 5.92 Å². The third-order valence-electron chi connectivity index (χ3n) is 2.90. The second-order valence-electron chi connectivity index (χ2n) is 4.71. The highest BCUT2D eigenvalue weighted by molar-refractivity contribution is 9.09. The lowest BCUT2D eigenvalue weighted by atomic mass is 9.94. The zero-order valence-corrected chi connectivity index (χ0v) is 11.8. The van der Waals surface area contributed by atoms with Crippen LogP contribution in [-0.4, -0.2) is 14.2 Å². The summed E-state index contributed by atoms with van der Waals surface area (Å²) in [5, 5.41) is 1.20. The van der Waals surface area contributed by atoms with Gasteiger partial charge in [-0.2, -0.15) is 4.37 Å². The maximum Gasteiger partial charge on any atom is 0.145 e. The lowest BCUT2D eigenvalue weighted by molar-refractivity contribution is 0.495. The van der Waals surface area contributed by atoms with Crippen LogP contribution in [0, 0.1) is 5.92 Å². The Labute approximate surface area is 104 Å². The molecule has 1 fully saturated rings. The Morgan fingerprint density at radius 3 is 2.47 bits per heavy atom. The summed E-state index contributed by atoms with van der Waals surface area (Å²) in [5.74, 6) is 2.87. The van der Waals surface area contributed by atoms with Crippen LogP contribution in [0.15, 0.2) is 0 Å². The van der Waals surface area contributed by atoms with Crippen LogP contribution < -0.4 is 0 Å². The number of rotatable bonds is 4. The normalized spacial score (nSPS) is 20.6. The smallest absolute Gasteiger partial charge is 0.145 e. The summed E-state index contributed by atoms with van der Waals surface area (Å²) in [6.07, 6.45) is 2.57. The molecule has 1 aliphatic carbocycles. The minimum absolute atomic E-state index is 0.470. The summed E-state index contributed by atoms with van der Waals surface area (Å²) < 4.78 is 4.47. The van der Waals surface area contributed by atoms with Crippen LogP contribution in [0.3, 0.4) is 0 Å². The molecule has 1 saturated carbocycles. The molecule has 2 nitrogen and oxygen atoms in total. The molecule has 2 atom stereocenters. The van der Waals surface area contributed by atoms with Crippen LogP contribution >= 0.6 is 27.5 Å². The van der Waals surface area contributed by atoms with E-state index in [0.717, 1.165) is 5.82 Å². The first-order chi connectivity index (χ1) is 7.09. The van der Waals surface area contributed by atoms with E-state index in [9.17, 15) is 0 Å². The summed E-state index contributed by atoms with van der Waals surface area (Å²) in [6.45, 7) is 6.70. The molecule has 2 unspecified atom stereocenters. The van der Waals surface area contributed by atoms with Gasteiger partial charge in [-0.05, 0) is 30.3 Å². The average molecular weight is 289 g/mol. The van der Waals surface area contributed by atoms with Gasteiger partial charge in [0.05, 0.1) is 0 Å². The van der Waals surface area contributed by atoms with Gasteiger partial charge in [-0.15, -0.1) is 0 Å². The predicted molar refractivity (Wildman–Crippen MR) is 67.9 cm³/mol. The van der Waals surface area contributed by atoms with Crippen molar-refractivity contribution in [3.8, 4) is 0 Å². The van der Waals surface area contributed by atoms with Crippen molar-refractivity contribution in [1.29, 1.82) is 0 Å². The summed E-state index contributed by atoms with van der Waals surface area (Å²) in [4.78, 5) is 5.16. The Morgan fingerprint density at radius 1 is 1.33 bits per heavy atom. The molecular formula is C11H17BrN2S. The van der Waals surface area contributed by atoms with Gasteiger partial charge in [0.2, 0.25) is 0 Å². The molecule has 0 bridgehead atoms. The van der Waals surface area contributed by atoms with Crippen molar-refractivity contribution >= 4 is 27.5 Å². The highest BCUT2D eigenvalue weighted by Gasteiger charge is 2.30. The van der Waals surface area contributed by atoms with Crippen LogP contribution in [0.1, 0.15) is 56.3 Å². The monoisotopic (exact) mass is 288 g/mol. The highest BCUT2D eigenvalue weighted by atomic mass is 79.9. The van der Waals surface area contributed by atoms with Gasteiger partial charge in [-0.25, -0.2) is 4.98 Å². The molecule has 84 valence electrons. The summed E-state index contributed by atoms with van der Waals surface area (Å²) in [6, 6.07) is 0. The first-order valence-corrected chi connectivity index (χ1v) is 7.26. The standard InChI is InChI=1S/C11H17BrN2S/c1-6(2)9(7(3)12)11-13-10(14-15-11)8-4-5-8/h6-9H,4-5H2,1-3H3. The molecule has 0 spiro atoms. The van der Waals surface area contributed by atoms with E-state index in [0.29, 0.717) is 22.6 Å². The molecule has 1 heterocycles. The summed E-state index contributed by atoms with van der Waals surface area (Å²) >= 11 is 5.27. The van der Waals surface area contributed by atoms with Crippen LogP contribution in [0.25, 0.3) is 0 Å². The van der Waals surface area contributed by atoms with Crippen LogP contribution in [0.5, 0.6) is 0 Å². The number of halogens is 1. The topological polar surface area (TPSA) is 25.8 Å². The molecule has 4 heteroatoms. The van der Waals surface area contributed by atoms with Crippen LogP contribution in [-0.2, 0) is 0 Å². The van der Waals surface area contributed by atoms with E-state index in [1.165, 1.54) is 17.8 Å². The minimum Gasteiger partial charge on any atom is -0.224 e. The average Bonchev–Trinajstić information content (AvgIpc) is 2.87. The lowest BCUT2D eigenvalue weighted by Gasteiger charge is -2.20. The first-order valence-electron chi connectivity index (χ1n) is 5.57. The maximum atomic E-state index is 4.69. The second-order valence-corrected chi connectivity index (χ2v) is 6.94. The number of hydrogen-bond acceptors (Lipinski definition) is 3. The van der Waals surface area contributed by atoms with Crippen LogP contribution in [0.4, 0.5) is 0 Å². The van der Waals surface area contributed by atoms with E-state index >= 15 is 0 Å². The van der Waals surface area contributed by atoms with E-state index in [-0.39, 0.29) is 0 Å². The van der Waals surface area contributed by atoms with E-state index in [4.69, 9.17) is 4.98 Å². The second kappa shape index (κ2) is 4.50. The van der Waals surface area contributed by atoms with Crippen molar-refractivity contribution in [3.63, 3.8) is 0 Å². The van der Waals surface area contributed by atoms with Gasteiger partial charge < -0.3 is 0 Å².